The number of thiophene rings is 1. The number of aliphatic hydroxyl groups excluding tert-OH is 1. The van der Waals surface area contributed by atoms with Crippen molar-refractivity contribution in [2.75, 3.05) is 7.11 Å². The second-order valence-corrected chi connectivity index (χ2v) is 11.1. The van der Waals surface area contributed by atoms with Crippen molar-refractivity contribution in [3.05, 3.63) is 111 Å². The van der Waals surface area contributed by atoms with E-state index in [1.165, 1.54) is 36.3 Å². The Kier molecular flexibility index (Phi) is 7.65. The normalized spacial score (nSPS) is 21.7. The number of ketones is 1. The standard InChI is InChI=1S/C28H24ClFN2O3S2/c1-35-23-14-17(9-10-21(23)30)13-19-5-4-8-25(31-19)28(18-11-12-36-16-18)15-22(33)26(27(34)32-28)37-24-7-3-2-6-20(24)29/h2-12,14,16,26-27,32,34H,13,15H2,1H3. The van der Waals surface area contributed by atoms with E-state index in [4.69, 9.17) is 21.3 Å². The van der Waals surface area contributed by atoms with Gasteiger partial charge in [-0.1, -0.05) is 35.9 Å². The molecule has 0 radical (unpaired) electrons. The number of hydrogen-bond acceptors (Lipinski definition) is 7. The van der Waals surface area contributed by atoms with Crippen molar-refractivity contribution in [1.82, 2.24) is 10.3 Å². The Morgan fingerprint density at radius 3 is 2.78 bits per heavy atom. The number of carbonyl (C=O) groups excluding carboxylic acids is 1. The minimum atomic E-state index is -1.13. The molecule has 0 saturated carbocycles. The fraction of sp³-hybridized carbons (Fsp3) is 0.214. The van der Waals surface area contributed by atoms with Gasteiger partial charge in [-0.3, -0.25) is 15.1 Å². The summed E-state index contributed by atoms with van der Waals surface area (Å²) in [6.07, 6.45) is -0.565. The maximum absolute atomic E-state index is 13.9. The number of pyridine rings is 1. The number of aromatic nitrogens is 1. The molecule has 37 heavy (non-hydrogen) atoms. The monoisotopic (exact) mass is 554 g/mol. The average molecular weight is 555 g/mol. The van der Waals surface area contributed by atoms with Crippen LogP contribution in [0.25, 0.3) is 0 Å². The highest BCUT2D eigenvalue weighted by molar-refractivity contribution is 8.00. The zero-order valence-corrected chi connectivity index (χ0v) is 22.2. The topological polar surface area (TPSA) is 71.5 Å². The van der Waals surface area contributed by atoms with E-state index >= 15 is 0 Å². The van der Waals surface area contributed by atoms with Gasteiger partial charge in [-0.25, -0.2) is 4.39 Å². The molecule has 0 aliphatic carbocycles. The second-order valence-electron chi connectivity index (χ2n) is 8.78. The lowest BCUT2D eigenvalue weighted by Gasteiger charge is -2.42. The van der Waals surface area contributed by atoms with Gasteiger partial charge in [-0.2, -0.15) is 11.3 Å². The molecule has 2 aromatic heterocycles. The first-order valence-electron chi connectivity index (χ1n) is 11.6. The Bertz CT molecular complexity index is 1420. The van der Waals surface area contributed by atoms with Crippen LogP contribution in [0.1, 0.15) is 28.9 Å². The lowest BCUT2D eigenvalue weighted by Crippen LogP contribution is -2.60. The molecule has 3 heterocycles. The summed E-state index contributed by atoms with van der Waals surface area (Å²) in [4.78, 5) is 19.2. The van der Waals surface area contributed by atoms with Crippen LogP contribution in [0.3, 0.4) is 0 Å². The van der Waals surface area contributed by atoms with Gasteiger partial charge in [0.2, 0.25) is 0 Å². The first-order valence-corrected chi connectivity index (χ1v) is 13.8. The predicted molar refractivity (Wildman–Crippen MR) is 145 cm³/mol. The van der Waals surface area contributed by atoms with E-state index in [9.17, 15) is 14.3 Å². The highest BCUT2D eigenvalue weighted by Crippen LogP contribution is 2.42. The van der Waals surface area contributed by atoms with Crippen LogP contribution in [0, 0.1) is 5.82 Å². The van der Waals surface area contributed by atoms with Crippen LogP contribution in [0.15, 0.2) is 82.4 Å². The fourth-order valence-corrected chi connectivity index (χ4v) is 6.59. The second kappa shape index (κ2) is 10.9. The number of ether oxygens (including phenoxy) is 1. The number of carbonyl (C=O) groups is 1. The number of Topliss-reactive ketones (excluding diaryl/α,β-unsaturated/α-hetero) is 1. The SMILES string of the molecule is COc1cc(Cc2cccc(C3(c4ccsc4)CC(=O)C(Sc4ccccc4Cl)C(O)N3)n2)ccc1F. The van der Waals surface area contributed by atoms with Crippen LogP contribution in [-0.2, 0) is 16.8 Å². The summed E-state index contributed by atoms with van der Waals surface area (Å²) in [6.45, 7) is 0. The van der Waals surface area contributed by atoms with Crippen LogP contribution in [0.2, 0.25) is 5.02 Å². The van der Waals surface area contributed by atoms with E-state index in [2.05, 4.69) is 5.32 Å². The Morgan fingerprint density at radius 2 is 2.05 bits per heavy atom. The summed E-state index contributed by atoms with van der Waals surface area (Å²) in [5, 5.41) is 18.3. The number of thioether (sulfide) groups is 1. The number of hydrogen-bond donors (Lipinski definition) is 2. The number of nitrogens with one attached hydrogen (secondary N) is 1. The molecule has 9 heteroatoms. The number of rotatable bonds is 7. The molecule has 1 saturated heterocycles. The first-order chi connectivity index (χ1) is 17.9. The largest absolute Gasteiger partial charge is 0.494 e. The minimum absolute atomic E-state index is 0.0992. The van der Waals surface area contributed by atoms with Crippen LogP contribution in [-0.4, -0.2) is 34.5 Å². The molecule has 2 aromatic carbocycles. The summed E-state index contributed by atoms with van der Waals surface area (Å²) in [7, 11) is 1.43. The highest BCUT2D eigenvalue weighted by atomic mass is 35.5. The van der Waals surface area contributed by atoms with Crippen molar-refractivity contribution in [2.24, 2.45) is 0 Å². The third-order valence-electron chi connectivity index (χ3n) is 6.39. The number of methoxy groups -OCH3 is 1. The van der Waals surface area contributed by atoms with Crippen molar-refractivity contribution >= 4 is 40.5 Å². The maximum atomic E-state index is 13.9. The molecule has 0 bridgehead atoms. The predicted octanol–water partition coefficient (Wildman–Crippen LogP) is 5.82. The Hall–Kier alpha value is -2.75. The number of halogens is 2. The van der Waals surface area contributed by atoms with Crippen molar-refractivity contribution in [1.29, 1.82) is 0 Å². The summed E-state index contributed by atoms with van der Waals surface area (Å²) in [5.74, 6) is -0.349. The van der Waals surface area contributed by atoms with Gasteiger partial charge in [0.1, 0.15) is 11.5 Å². The third-order valence-corrected chi connectivity index (χ3v) is 8.90. The molecule has 1 aliphatic rings. The van der Waals surface area contributed by atoms with E-state index in [1.54, 1.807) is 18.2 Å². The van der Waals surface area contributed by atoms with E-state index in [0.717, 1.165) is 21.7 Å². The molecule has 5 nitrogen and oxygen atoms in total. The molecular weight excluding hydrogens is 531 g/mol. The number of nitrogens with zero attached hydrogens (tertiary/aromatic N) is 1. The Labute approximate surface area is 227 Å². The Morgan fingerprint density at radius 1 is 1.22 bits per heavy atom. The van der Waals surface area contributed by atoms with Gasteiger partial charge in [0.25, 0.3) is 0 Å². The van der Waals surface area contributed by atoms with Crippen LogP contribution in [0.4, 0.5) is 4.39 Å². The summed E-state index contributed by atoms with van der Waals surface area (Å²) < 4.78 is 19.0. The van der Waals surface area contributed by atoms with Gasteiger partial charge in [-0.15, -0.1) is 11.8 Å². The first kappa shape index (κ1) is 25.9. The molecule has 5 rings (SSSR count). The molecule has 0 spiro atoms. The molecule has 3 unspecified atom stereocenters. The number of piperidine rings is 1. The molecule has 4 aromatic rings. The molecule has 1 fully saturated rings. The number of aliphatic hydroxyl groups is 1. The van der Waals surface area contributed by atoms with E-state index < -0.39 is 22.8 Å². The summed E-state index contributed by atoms with van der Waals surface area (Å²) >= 11 is 9.08. The van der Waals surface area contributed by atoms with Crippen LogP contribution in [0.5, 0.6) is 5.75 Å². The zero-order chi connectivity index (χ0) is 26.0. The van der Waals surface area contributed by atoms with Crippen molar-refractivity contribution in [3.8, 4) is 5.75 Å². The van der Waals surface area contributed by atoms with Crippen molar-refractivity contribution in [2.45, 2.75) is 34.8 Å². The van der Waals surface area contributed by atoms with Gasteiger partial charge in [0, 0.05) is 23.4 Å². The molecule has 190 valence electrons. The van der Waals surface area contributed by atoms with Crippen molar-refractivity contribution in [3.63, 3.8) is 0 Å². The maximum Gasteiger partial charge on any atom is 0.165 e. The van der Waals surface area contributed by atoms with Crippen molar-refractivity contribution < 1.29 is 19.0 Å². The van der Waals surface area contributed by atoms with Gasteiger partial charge < -0.3 is 9.84 Å². The van der Waals surface area contributed by atoms with E-state index in [0.29, 0.717) is 17.1 Å². The van der Waals surface area contributed by atoms with Gasteiger partial charge in [-0.05, 0) is 64.4 Å². The molecular formula is C28H24ClFN2O3S2. The smallest absolute Gasteiger partial charge is 0.165 e. The third kappa shape index (κ3) is 5.30. The lowest BCUT2D eigenvalue weighted by molar-refractivity contribution is -0.125. The lowest BCUT2D eigenvalue weighted by atomic mass is 9.79. The van der Waals surface area contributed by atoms with E-state index in [-0.39, 0.29) is 18.0 Å². The fourth-order valence-electron chi connectivity index (χ4n) is 4.57. The van der Waals surface area contributed by atoms with Gasteiger partial charge >= 0.3 is 0 Å². The highest BCUT2D eigenvalue weighted by Gasteiger charge is 2.48. The Balaban J connectivity index is 1.47. The van der Waals surface area contributed by atoms with Crippen LogP contribution >= 0.6 is 34.7 Å². The summed E-state index contributed by atoms with van der Waals surface area (Å²) in [5.41, 5.74) is 2.09. The molecule has 2 N–H and O–H groups in total. The molecule has 3 atom stereocenters. The number of benzene rings is 2. The quantitative estimate of drug-likeness (QED) is 0.300. The van der Waals surface area contributed by atoms with Gasteiger partial charge in [0.15, 0.2) is 17.3 Å². The average Bonchev–Trinajstić information content (AvgIpc) is 3.44. The minimum Gasteiger partial charge on any atom is -0.494 e. The molecule has 0 amide bonds. The molecule has 1 aliphatic heterocycles. The van der Waals surface area contributed by atoms with E-state index in [1.807, 2.05) is 53.2 Å². The van der Waals surface area contributed by atoms with Crippen LogP contribution < -0.4 is 10.1 Å². The van der Waals surface area contributed by atoms with Gasteiger partial charge in [0.05, 0.1) is 23.4 Å². The zero-order valence-electron chi connectivity index (χ0n) is 19.9. The summed E-state index contributed by atoms with van der Waals surface area (Å²) in [6, 6.07) is 19.6.